The molecule has 0 saturated carbocycles. The Hall–Kier alpha value is -2.20. The topological polar surface area (TPSA) is 60.2 Å². The highest BCUT2D eigenvalue weighted by molar-refractivity contribution is 6.68. The fourth-order valence-electron chi connectivity index (χ4n) is 1.92. The number of halogens is 1. The molecular weight excluding hydrogens is 266 g/mol. The molecule has 2 aromatic carbocycles. The summed E-state index contributed by atoms with van der Waals surface area (Å²) in [6, 6.07) is 13.9. The van der Waals surface area contributed by atoms with Gasteiger partial charge in [0, 0.05) is 12.0 Å². The summed E-state index contributed by atoms with van der Waals surface area (Å²) in [5.74, 6) is 0. The third kappa shape index (κ3) is 2.98. The molecule has 0 aliphatic heterocycles. The molecule has 96 valence electrons. The van der Waals surface area contributed by atoms with Gasteiger partial charge in [0.2, 0.25) is 0 Å². The van der Waals surface area contributed by atoms with Crippen LogP contribution in [0.2, 0.25) is 0 Å². The first-order chi connectivity index (χ1) is 9.09. The summed E-state index contributed by atoms with van der Waals surface area (Å²) >= 11 is 5.38. The van der Waals surface area contributed by atoms with Crippen LogP contribution in [0.4, 0.5) is 5.69 Å². The molecule has 2 aromatic rings. The SMILES string of the molecule is O=C(Cl)c1cccc(Cc2ccccc2)c1[N+](=O)[O-]. The smallest absolute Gasteiger partial charge is 0.275 e. The van der Waals surface area contributed by atoms with Crippen LogP contribution in [0.25, 0.3) is 0 Å². The fraction of sp³-hybridized carbons (Fsp3) is 0.0714. The van der Waals surface area contributed by atoms with Gasteiger partial charge in [0.1, 0.15) is 5.56 Å². The number of carbonyl (C=O) groups excluding carboxylic acids is 1. The number of para-hydroxylation sites is 1. The Morgan fingerprint density at radius 1 is 1.11 bits per heavy atom. The normalized spacial score (nSPS) is 10.2. The summed E-state index contributed by atoms with van der Waals surface area (Å²) in [5, 5.41) is 10.3. The molecule has 0 aliphatic rings. The molecule has 0 aromatic heterocycles. The lowest BCUT2D eigenvalue weighted by Gasteiger charge is -2.05. The second kappa shape index (κ2) is 5.63. The van der Waals surface area contributed by atoms with Crippen molar-refractivity contribution < 1.29 is 9.72 Å². The van der Waals surface area contributed by atoms with Crippen LogP contribution in [0.5, 0.6) is 0 Å². The monoisotopic (exact) mass is 275 g/mol. The number of hydrogen-bond donors (Lipinski definition) is 0. The van der Waals surface area contributed by atoms with Crippen molar-refractivity contribution in [1.29, 1.82) is 0 Å². The minimum absolute atomic E-state index is 0.0694. The molecule has 5 heteroatoms. The van der Waals surface area contributed by atoms with Crippen LogP contribution < -0.4 is 0 Å². The Balaban J connectivity index is 2.48. The Labute approximate surface area is 114 Å². The van der Waals surface area contributed by atoms with E-state index in [0.717, 1.165) is 5.56 Å². The quantitative estimate of drug-likeness (QED) is 0.487. The van der Waals surface area contributed by atoms with E-state index in [1.807, 2.05) is 30.3 Å². The minimum atomic E-state index is -0.818. The fourth-order valence-corrected chi connectivity index (χ4v) is 2.08. The predicted molar refractivity (Wildman–Crippen MR) is 72.5 cm³/mol. The van der Waals surface area contributed by atoms with Crippen molar-refractivity contribution >= 4 is 22.5 Å². The number of nitrogens with zero attached hydrogens (tertiary/aromatic N) is 1. The molecule has 0 amide bonds. The Kier molecular flexibility index (Phi) is 3.92. The lowest BCUT2D eigenvalue weighted by molar-refractivity contribution is -0.385. The van der Waals surface area contributed by atoms with Crippen molar-refractivity contribution in [3.8, 4) is 0 Å². The van der Waals surface area contributed by atoms with Crippen LogP contribution in [-0.4, -0.2) is 10.2 Å². The van der Waals surface area contributed by atoms with Gasteiger partial charge in [-0.2, -0.15) is 0 Å². The number of carbonyl (C=O) groups is 1. The molecule has 2 rings (SSSR count). The van der Waals surface area contributed by atoms with Gasteiger partial charge in [-0.05, 0) is 23.2 Å². The second-order valence-electron chi connectivity index (χ2n) is 4.01. The van der Waals surface area contributed by atoms with E-state index in [0.29, 0.717) is 12.0 Å². The first-order valence-corrected chi connectivity index (χ1v) is 5.97. The summed E-state index contributed by atoms with van der Waals surface area (Å²) in [7, 11) is 0. The van der Waals surface area contributed by atoms with Crippen molar-refractivity contribution in [2.75, 3.05) is 0 Å². The van der Waals surface area contributed by atoms with E-state index in [4.69, 9.17) is 11.6 Å². The van der Waals surface area contributed by atoms with Crippen molar-refractivity contribution in [3.05, 3.63) is 75.3 Å². The number of hydrogen-bond acceptors (Lipinski definition) is 3. The summed E-state index contributed by atoms with van der Waals surface area (Å²) in [6.45, 7) is 0. The molecule has 0 saturated heterocycles. The van der Waals surface area contributed by atoms with Crippen molar-refractivity contribution in [2.24, 2.45) is 0 Å². The van der Waals surface area contributed by atoms with E-state index in [9.17, 15) is 14.9 Å². The van der Waals surface area contributed by atoms with Gasteiger partial charge in [-0.1, -0.05) is 42.5 Å². The van der Waals surface area contributed by atoms with Gasteiger partial charge in [-0.25, -0.2) is 0 Å². The highest BCUT2D eigenvalue weighted by Gasteiger charge is 2.23. The zero-order valence-corrected chi connectivity index (χ0v) is 10.6. The Morgan fingerprint density at radius 3 is 2.37 bits per heavy atom. The van der Waals surface area contributed by atoms with Gasteiger partial charge in [0.25, 0.3) is 10.9 Å². The average molecular weight is 276 g/mol. The third-order valence-electron chi connectivity index (χ3n) is 2.75. The average Bonchev–Trinajstić information content (AvgIpc) is 2.39. The first-order valence-electron chi connectivity index (χ1n) is 5.59. The standard InChI is InChI=1S/C14H10ClNO3/c15-14(17)12-8-4-7-11(13(12)16(18)19)9-10-5-2-1-3-6-10/h1-8H,9H2. The third-order valence-corrected chi connectivity index (χ3v) is 2.95. The van der Waals surface area contributed by atoms with Gasteiger partial charge >= 0.3 is 0 Å². The summed E-state index contributed by atoms with van der Waals surface area (Å²) < 4.78 is 0. The molecule has 0 bridgehead atoms. The van der Waals surface area contributed by atoms with E-state index >= 15 is 0 Å². The molecule has 19 heavy (non-hydrogen) atoms. The molecule has 4 nitrogen and oxygen atoms in total. The largest absolute Gasteiger partial charge is 0.284 e. The van der Waals surface area contributed by atoms with Gasteiger partial charge in [-0.3, -0.25) is 14.9 Å². The van der Waals surface area contributed by atoms with Gasteiger partial charge in [-0.15, -0.1) is 0 Å². The van der Waals surface area contributed by atoms with Crippen LogP contribution in [0.15, 0.2) is 48.5 Å². The van der Waals surface area contributed by atoms with Crippen molar-refractivity contribution in [2.45, 2.75) is 6.42 Å². The summed E-state index contributed by atoms with van der Waals surface area (Å²) in [4.78, 5) is 21.8. The highest BCUT2D eigenvalue weighted by atomic mass is 35.5. The van der Waals surface area contributed by atoms with Crippen LogP contribution in [0, 0.1) is 10.1 Å². The molecule has 0 N–H and O–H groups in total. The maximum absolute atomic E-state index is 11.2. The van der Waals surface area contributed by atoms with E-state index in [2.05, 4.69) is 0 Å². The van der Waals surface area contributed by atoms with Crippen LogP contribution in [0.3, 0.4) is 0 Å². The molecule has 0 heterocycles. The second-order valence-corrected chi connectivity index (χ2v) is 4.35. The van der Waals surface area contributed by atoms with Crippen LogP contribution in [0.1, 0.15) is 21.5 Å². The zero-order valence-electron chi connectivity index (χ0n) is 9.88. The van der Waals surface area contributed by atoms with Gasteiger partial charge in [0.05, 0.1) is 4.92 Å². The molecule has 0 aliphatic carbocycles. The molecule has 0 spiro atoms. The number of nitro groups is 1. The highest BCUT2D eigenvalue weighted by Crippen LogP contribution is 2.27. The van der Waals surface area contributed by atoms with Crippen LogP contribution in [-0.2, 0) is 6.42 Å². The maximum Gasteiger partial charge on any atom is 0.284 e. The minimum Gasteiger partial charge on any atom is -0.275 e. The van der Waals surface area contributed by atoms with Crippen LogP contribution >= 0.6 is 11.6 Å². The lowest BCUT2D eigenvalue weighted by atomic mass is 10.0. The van der Waals surface area contributed by atoms with Crippen molar-refractivity contribution in [1.82, 2.24) is 0 Å². The molecule has 0 atom stereocenters. The Bertz CT molecular complexity index is 626. The van der Waals surface area contributed by atoms with E-state index < -0.39 is 10.2 Å². The summed E-state index contributed by atoms with van der Waals surface area (Å²) in [5.41, 5.74) is 1.12. The maximum atomic E-state index is 11.2. The Morgan fingerprint density at radius 2 is 1.79 bits per heavy atom. The summed E-state index contributed by atoms with van der Waals surface area (Å²) in [6.07, 6.45) is 0.384. The molecule has 0 unspecified atom stereocenters. The van der Waals surface area contributed by atoms with E-state index in [1.165, 1.54) is 6.07 Å². The zero-order chi connectivity index (χ0) is 13.8. The molecule has 0 radical (unpaired) electrons. The van der Waals surface area contributed by atoms with Gasteiger partial charge in [0.15, 0.2) is 0 Å². The number of rotatable bonds is 4. The van der Waals surface area contributed by atoms with Crippen molar-refractivity contribution in [3.63, 3.8) is 0 Å². The van der Waals surface area contributed by atoms with Gasteiger partial charge < -0.3 is 0 Å². The van der Waals surface area contributed by atoms with E-state index in [-0.39, 0.29) is 11.3 Å². The molecular formula is C14H10ClNO3. The molecule has 0 fully saturated rings. The number of nitro benzene ring substituents is 1. The number of benzene rings is 2. The first kappa shape index (κ1) is 13.2. The van der Waals surface area contributed by atoms with E-state index in [1.54, 1.807) is 12.1 Å². The predicted octanol–water partition coefficient (Wildman–Crippen LogP) is 3.56. The lowest BCUT2D eigenvalue weighted by Crippen LogP contribution is -2.03.